The van der Waals surface area contributed by atoms with Gasteiger partial charge in [0.2, 0.25) is 5.91 Å². The van der Waals surface area contributed by atoms with Gasteiger partial charge in [-0.3, -0.25) is 9.69 Å². The summed E-state index contributed by atoms with van der Waals surface area (Å²) in [6.07, 6.45) is 2.41. The Morgan fingerprint density at radius 3 is 2.50 bits per heavy atom. The first-order valence-corrected chi connectivity index (χ1v) is 10.4. The molecule has 0 saturated carbocycles. The number of anilines is 1. The Hall–Kier alpha value is -2.34. The van der Waals surface area contributed by atoms with Crippen LogP contribution in [-0.2, 0) is 11.3 Å². The fourth-order valence-electron chi connectivity index (χ4n) is 5.72. The molecule has 2 bridgehead atoms. The molecule has 6 nitrogen and oxygen atoms in total. The number of nitrogens with two attached hydrogens (primary N) is 1. The molecule has 1 aromatic carbocycles. The van der Waals surface area contributed by atoms with Gasteiger partial charge in [0.1, 0.15) is 12.4 Å². The van der Waals surface area contributed by atoms with Gasteiger partial charge in [0.05, 0.1) is 11.7 Å². The van der Waals surface area contributed by atoms with E-state index in [2.05, 4.69) is 46.1 Å². The first kappa shape index (κ1) is 17.7. The highest BCUT2D eigenvalue weighted by Crippen LogP contribution is 2.46. The average molecular weight is 380 g/mol. The Morgan fingerprint density at radius 1 is 1.14 bits per heavy atom. The molecule has 2 N–H and O–H groups in total. The molecule has 2 aromatic rings. The van der Waals surface area contributed by atoms with Crippen molar-refractivity contribution in [2.45, 2.75) is 51.2 Å². The molecular formula is C22H29N5O. The number of piperidine rings is 3. The summed E-state index contributed by atoms with van der Waals surface area (Å²) in [6.45, 7) is 7.40. The maximum absolute atomic E-state index is 13.3. The second-order valence-corrected chi connectivity index (χ2v) is 8.79. The summed E-state index contributed by atoms with van der Waals surface area (Å²) in [7, 11) is 0. The second kappa shape index (κ2) is 6.62. The number of nitrogens with zero attached hydrogens (tertiary/aromatic N) is 4. The number of hydrogen-bond donors (Lipinski definition) is 1. The van der Waals surface area contributed by atoms with Crippen LogP contribution in [0.2, 0.25) is 0 Å². The van der Waals surface area contributed by atoms with Crippen molar-refractivity contribution in [2.24, 2.45) is 5.92 Å². The van der Waals surface area contributed by atoms with Gasteiger partial charge in [-0.25, -0.2) is 4.68 Å². The summed E-state index contributed by atoms with van der Waals surface area (Å²) in [4.78, 5) is 18.1. The van der Waals surface area contributed by atoms with Crippen molar-refractivity contribution >= 4 is 11.7 Å². The highest BCUT2D eigenvalue weighted by Gasteiger charge is 2.54. The van der Waals surface area contributed by atoms with Gasteiger partial charge in [-0.05, 0) is 51.3 Å². The van der Waals surface area contributed by atoms with Crippen LogP contribution in [0.3, 0.4) is 0 Å². The van der Waals surface area contributed by atoms with E-state index < -0.39 is 0 Å². The SMILES string of the molecule is Cc1ccc([C@@H]2CN(C(=O)Cn3nc(C)cc3N)[C@H]3C4CCN(CC4)[C@@H]23)cc1. The van der Waals surface area contributed by atoms with Crippen LogP contribution in [0, 0.1) is 19.8 Å². The number of hydrogen-bond acceptors (Lipinski definition) is 4. The predicted molar refractivity (Wildman–Crippen MR) is 109 cm³/mol. The molecule has 4 aliphatic heterocycles. The molecule has 148 valence electrons. The van der Waals surface area contributed by atoms with Crippen LogP contribution in [0.15, 0.2) is 30.3 Å². The number of fused-ring (bicyclic) bond motifs is 2. The maximum Gasteiger partial charge on any atom is 0.244 e. The standard InChI is InChI=1S/C22H29N5O/c1-14-3-5-16(6-4-14)18-12-26(20(28)13-27-19(23)11-15(2)24-27)21-17-7-9-25(10-8-17)22(18)21/h3-6,11,17-18,21-22H,7-10,12-13,23H2,1-2H3/t18-,21-,22-/m0/s1. The van der Waals surface area contributed by atoms with Crippen LogP contribution in [0.1, 0.15) is 35.6 Å². The van der Waals surface area contributed by atoms with E-state index in [1.807, 2.05) is 13.0 Å². The number of carbonyl (C=O) groups is 1. The number of carbonyl (C=O) groups excluding carboxylic acids is 1. The molecule has 5 heterocycles. The Kier molecular flexibility index (Phi) is 4.19. The lowest BCUT2D eigenvalue weighted by atomic mass is 9.75. The number of likely N-dealkylation sites (tertiary alicyclic amines) is 1. The molecule has 0 unspecified atom stereocenters. The predicted octanol–water partition coefficient (Wildman–Crippen LogP) is 2.17. The third-order valence-electron chi connectivity index (χ3n) is 7.04. The topological polar surface area (TPSA) is 67.4 Å². The lowest BCUT2D eigenvalue weighted by Crippen LogP contribution is -2.61. The molecule has 28 heavy (non-hydrogen) atoms. The third kappa shape index (κ3) is 2.82. The van der Waals surface area contributed by atoms with Crippen LogP contribution in [0.4, 0.5) is 5.82 Å². The van der Waals surface area contributed by atoms with Gasteiger partial charge in [0.25, 0.3) is 0 Å². The van der Waals surface area contributed by atoms with Crippen molar-refractivity contribution in [3.63, 3.8) is 0 Å². The van der Waals surface area contributed by atoms with E-state index in [0.717, 1.165) is 12.2 Å². The van der Waals surface area contributed by atoms with E-state index in [-0.39, 0.29) is 12.5 Å². The fourth-order valence-corrected chi connectivity index (χ4v) is 5.72. The summed E-state index contributed by atoms with van der Waals surface area (Å²) < 4.78 is 1.65. The number of amides is 1. The van der Waals surface area contributed by atoms with Crippen molar-refractivity contribution < 1.29 is 4.79 Å². The monoisotopic (exact) mass is 379 g/mol. The lowest BCUT2D eigenvalue weighted by Gasteiger charge is -2.51. The van der Waals surface area contributed by atoms with E-state index in [1.165, 1.54) is 37.1 Å². The minimum Gasteiger partial charge on any atom is -0.384 e. The van der Waals surface area contributed by atoms with Gasteiger partial charge in [0, 0.05) is 24.6 Å². The van der Waals surface area contributed by atoms with Crippen molar-refractivity contribution in [1.82, 2.24) is 19.6 Å². The molecule has 1 amide bonds. The lowest BCUT2D eigenvalue weighted by molar-refractivity contribution is -0.136. The van der Waals surface area contributed by atoms with Crippen molar-refractivity contribution in [3.8, 4) is 0 Å². The van der Waals surface area contributed by atoms with E-state index in [9.17, 15) is 4.79 Å². The zero-order valence-electron chi connectivity index (χ0n) is 16.7. The summed E-state index contributed by atoms with van der Waals surface area (Å²) in [5.41, 5.74) is 9.52. The Labute approximate surface area is 166 Å². The van der Waals surface area contributed by atoms with Gasteiger partial charge in [-0.1, -0.05) is 29.8 Å². The van der Waals surface area contributed by atoms with Gasteiger partial charge < -0.3 is 10.6 Å². The number of aromatic nitrogens is 2. The molecule has 0 spiro atoms. The summed E-state index contributed by atoms with van der Waals surface area (Å²) in [5, 5.41) is 4.39. The summed E-state index contributed by atoms with van der Waals surface area (Å²) in [5.74, 6) is 1.71. The van der Waals surface area contributed by atoms with E-state index in [1.54, 1.807) is 4.68 Å². The van der Waals surface area contributed by atoms with E-state index in [0.29, 0.717) is 29.7 Å². The van der Waals surface area contributed by atoms with Gasteiger partial charge in [0.15, 0.2) is 0 Å². The Balaban J connectivity index is 1.45. The highest BCUT2D eigenvalue weighted by molar-refractivity contribution is 5.77. The molecule has 4 aliphatic rings. The first-order chi connectivity index (χ1) is 13.5. The zero-order chi connectivity index (χ0) is 19.4. The number of benzene rings is 1. The first-order valence-electron chi connectivity index (χ1n) is 10.4. The van der Waals surface area contributed by atoms with Crippen LogP contribution in [-0.4, -0.2) is 57.2 Å². The van der Waals surface area contributed by atoms with Gasteiger partial charge in [-0.15, -0.1) is 0 Å². The summed E-state index contributed by atoms with van der Waals surface area (Å²) in [6, 6.07) is 11.5. The smallest absolute Gasteiger partial charge is 0.244 e. The molecule has 0 radical (unpaired) electrons. The van der Waals surface area contributed by atoms with Crippen LogP contribution >= 0.6 is 0 Å². The minimum absolute atomic E-state index is 0.146. The number of nitrogen functional groups attached to an aromatic ring is 1. The van der Waals surface area contributed by atoms with Gasteiger partial charge in [-0.2, -0.15) is 5.10 Å². The molecule has 0 aliphatic carbocycles. The second-order valence-electron chi connectivity index (χ2n) is 8.79. The Morgan fingerprint density at radius 2 is 1.86 bits per heavy atom. The third-order valence-corrected chi connectivity index (χ3v) is 7.04. The van der Waals surface area contributed by atoms with Crippen molar-refractivity contribution in [1.29, 1.82) is 0 Å². The minimum atomic E-state index is 0.146. The molecule has 6 rings (SSSR count). The van der Waals surface area contributed by atoms with E-state index in [4.69, 9.17) is 5.73 Å². The summed E-state index contributed by atoms with van der Waals surface area (Å²) >= 11 is 0. The molecule has 4 saturated heterocycles. The van der Waals surface area contributed by atoms with Crippen molar-refractivity contribution in [2.75, 3.05) is 25.4 Å². The molecular weight excluding hydrogens is 350 g/mol. The average Bonchev–Trinajstić information content (AvgIpc) is 3.25. The van der Waals surface area contributed by atoms with Gasteiger partial charge >= 0.3 is 0 Å². The quantitative estimate of drug-likeness (QED) is 0.888. The number of aryl methyl sites for hydroxylation is 2. The van der Waals surface area contributed by atoms with Crippen LogP contribution < -0.4 is 5.73 Å². The van der Waals surface area contributed by atoms with Crippen molar-refractivity contribution in [3.05, 3.63) is 47.2 Å². The highest BCUT2D eigenvalue weighted by atomic mass is 16.2. The zero-order valence-corrected chi connectivity index (χ0v) is 16.7. The Bertz CT molecular complexity index is 881. The molecule has 1 aromatic heterocycles. The normalized spacial score (nSPS) is 31.2. The number of rotatable bonds is 3. The largest absolute Gasteiger partial charge is 0.384 e. The van der Waals surface area contributed by atoms with Crippen LogP contribution in [0.5, 0.6) is 0 Å². The van der Waals surface area contributed by atoms with E-state index >= 15 is 0 Å². The fraction of sp³-hybridized carbons (Fsp3) is 0.545. The molecule has 4 fully saturated rings. The maximum atomic E-state index is 13.3. The molecule has 6 heteroatoms. The molecule has 3 atom stereocenters. The van der Waals surface area contributed by atoms with Crippen LogP contribution in [0.25, 0.3) is 0 Å².